The van der Waals surface area contributed by atoms with Crippen LogP contribution in [0.4, 0.5) is 5.82 Å². The molecule has 1 aromatic heterocycles. The minimum absolute atomic E-state index is 0.0809. The molecule has 0 saturated carbocycles. The van der Waals surface area contributed by atoms with Crippen molar-refractivity contribution in [2.45, 2.75) is 18.9 Å². The molecule has 0 radical (unpaired) electrons. The number of anilines is 1. The van der Waals surface area contributed by atoms with Crippen LogP contribution in [0.2, 0.25) is 0 Å². The van der Waals surface area contributed by atoms with E-state index in [0.29, 0.717) is 19.7 Å². The molecule has 1 aliphatic rings. The minimum atomic E-state index is 0.0809. The summed E-state index contributed by atoms with van der Waals surface area (Å²) < 4.78 is 5.87. The summed E-state index contributed by atoms with van der Waals surface area (Å²) in [5.41, 5.74) is 1.99. The van der Waals surface area contributed by atoms with Gasteiger partial charge >= 0.3 is 0 Å². The van der Waals surface area contributed by atoms with Crippen LogP contribution in [0.1, 0.15) is 22.3 Å². The van der Waals surface area contributed by atoms with E-state index in [1.54, 1.807) is 0 Å². The van der Waals surface area contributed by atoms with Crippen molar-refractivity contribution in [3.8, 4) is 0 Å². The van der Waals surface area contributed by atoms with Gasteiger partial charge in [0, 0.05) is 38.9 Å². The molecule has 1 atom stereocenters. The van der Waals surface area contributed by atoms with Crippen LogP contribution in [0.15, 0.2) is 48.7 Å². The molecule has 5 heteroatoms. The van der Waals surface area contributed by atoms with E-state index in [0.717, 1.165) is 24.2 Å². The maximum Gasteiger partial charge on any atom is 0.254 e. The third-order valence-corrected chi connectivity index (χ3v) is 4.47. The molecular weight excluding hydrogens is 314 g/mol. The van der Waals surface area contributed by atoms with Crippen LogP contribution in [0.25, 0.3) is 0 Å². The number of aromatic nitrogens is 1. The summed E-state index contributed by atoms with van der Waals surface area (Å²) in [6.45, 7) is 1.91. The van der Waals surface area contributed by atoms with Crippen molar-refractivity contribution in [3.63, 3.8) is 0 Å². The zero-order valence-electron chi connectivity index (χ0n) is 14.9. The van der Waals surface area contributed by atoms with Crippen molar-refractivity contribution < 1.29 is 9.53 Å². The van der Waals surface area contributed by atoms with Crippen molar-refractivity contribution in [1.82, 2.24) is 9.88 Å². The predicted molar refractivity (Wildman–Crippen MR) is 99.0 cm³/mol. The Hall–Kier alpha value is -2.40. The molecule has 1 saturated heterocycles. The first-order valence-electron chi connectivity index (χ1n) is 8.71. The smallest absolute Gasteiger partial charge is 0.254 e. The number of nitrogens with zero attached hydrogens (tertiary/aromatic N) is 3. The molecule has 1 aliphatic heterocycles. The molecular formula is C20H25N3O2. The van der Waals surface area contributed by atoms with E-state index in [9.17, 15) is 4.79 Å². The number of carbonyl (C=O) groups is 1. The van der Waals surface area contributed by atoms with Crippen LogP contribution >= 0.6 is 0 Å². The molecule has 0 spiro atoms. The van der Waals surface area contributed by atoms with E-state index in [4.69, 9.17) is 4.74 Å². The van der Waals surface area contributed by atoms with Crippen molar-refractivity contribution in [3.05, 3.63) is 59.8 Å². The van der Waals surface area contributed by atoms with Gasteiger partial charge in [0.25, 0.3) is 5.91 Å². The number of pyridine rings is 1. The highest BCUT2D eigenvalue weighted by molar-refractivity contribution is 5.94. The Morgan fingerprint density at radius 3 is 2.84 bits per heavy atom. The molecule has 3 rings (SSSR count). The molecule has 1 fully saturated rings. The molecule has 1 aromatic carbocycles. The van der Waals surface area contributed by atoms with Crippen LogP contribution in [0.5, 0.6) is 0 Å². The molecule has 1 amide bonds. The lowest BCUT2D eigenvalue weighted by molar-refractivity contribution is -0.0246. The Bertz CT molecular complexity index is 703. The zero-order valence-corrected chi connectivity index (χ0v) is 14.9. The average molecular weight is 339 g/mol. The van der Waals surface area contributed by atoms with Gasteiger partial charge in [-0.1, -0.05) is 18.2 Å². The zero-order chi connectivity index (χ0) is 17.6. The number of morpholine rings is 1. The fourth-order valence-electron chi connectivity index (χ4n) is 3.03. The SMILES string of the molecule is CN(C)c1cc(CC[C@@H]2CN(C(=O)c3ccccc3)CCO2)ccn1. The van der Waals surface area contributed by atoms with E-state index in [1.807, 2.05) is 66.5 Å². The lowest BCUT2D eigenvalue weighted by Crippen LogP contribution is -2.45. The van der Waals surface area contributed by atoms with Gasteiger partial charge in [-0.2, -0.15) is 0 Å². The Balaban J connectivity index is 1.57. The van der Waals surface area contributed by atoms with Gasteiger partial charge in [-0.05, 0) is 42.7 Å². The summed E-state index contributed by atoms with van der Waals surface area (Å²) in [6.07, 6.45) is 3.74. The van der Waals surface area contributed by atoms with Crippen LogP contribution in [-0.4, -0.2) is 55.7 Å². The Morgan fingerprint density at radius 1 is 1.28 bits per heavy atom. The van der Waals surface area contributed by atoms with Gasteiger partial charge in [0.15, 0.2) is 0 Å². The van der Waals surface area contributed by atoms with Crippen LogP contribution in [0, 0.1) is 0 Å². The van der Waals surface area contributed by atoms with Gasteiger partial charge in [-0.15, -0.1) is 0 Å². The van der Waals surface area contributed by atoms with Gasteiger partial charge in [-0.3, -0.25) is 4.79 Å². The van der Waals surface area contributed by atoms with Crippen LogP contribution < -0.4 is 4.90 Å². The number of rotatable bonds is 5. The normalized spacial score (nSPS) is 17.4. The highest BCUT2D eigenvalue weighted by atomic mass is 16.5. The summed E-state index contributed by atoms with van der Waals surface area (Å²) in [7, 11) is 3.98. The van der Waals surface area contributed by atoms with E-state index >= 15 is 0 Å². The van der Waals surface area contributed by atoms with E-state index in [2.05, 4.69) is 11.1 Å². The van der Waals surface area contributed by atoms with Gasteiger partial charge in [-0.25, -0.2) is 4.98 Å². The summed E-state index contributed by atoms with van der Waals surface area (Å²) in [6, 6.07) is 13.6. The lowest BCUT2D eigenvalue weighted by atomic mass is 10.1. The first-order valence-corrected chi connectivity index (χ1v) is 8.71. The standard InChI is InChI=1S/C20H25N3O2/c1-22(2)19-14-16(10-11-21-19)8-9-18-15-23(12-13-25-18)20(24)17-6-4-3-5-7-17/h3-7,10-11,14,18H,8-9,12-13,15H2,1-2H3/t18-/m1/s1. The third-order valence-electron chi connectivity index (χ3n) is 4.47. The van der Waals surface area contributed by atoms with Crippen molar-refractivity contribution in [2.24, 2.45) is 0 Å². The van der Waals surface area contributed by atoms with Crippen molar-refractivity contribution >= 4 is 11.7 Å². The number of benzene rings is 1. The first kappa shape index (κ1) is 17.4. The number of aryl methyl sites for hydroxylation is 1. The maximum absolute atomic E-state index is 12.6. The number of hydrogen-bond donors (Lipinski definition) is 0. The highest BCUT2D eigenvalue weighted by Crippen LogP contribution is 2.17. The van der Waals surface area contributed by atoms with Crippen LogP contribution in [-0.2, 0) is 11.2 Å². The fraction of sp³-hybridized carbons (Fsp3) is 0.400. The summed E-state index contributed by atoms with van der Waals surface area (Å²) in [5, 5.41) is 0. The molecule has 0 unspecified atom stereocenters. The number of amides is 1. The maximum atomic E-state index is 12.6. The van der Waals surface area contributed by atoms with E-state index in [1.165, 1.54) is 5.56 Å². The second kappa shape index (κ2) is 8.12. The van der Waals surface area contributed by atoms with Gasteiger partial charge in [0.05, 0.1) is 12.7 Å². The predicted octanol–water partition coefficient (Wildman–Crippen LogP) is 2.62. The quantitative estimate of drug-likeness (QED) is 0.840. The average Bonchev–Trinajstić information content (AvgIpc) is 2.67. The Morgan fingerprint density at radius 2 is 2.08 bits per heavy atom. The number of carbonyl (C=O) groups excluding carboxylic acids is 1. The molecule has 5 nitrogen and oxygen atoms in total. The fourth-order valence-corrected chi connectivity index (χ4v) is 3.03. The molecule has 0 aliphatic carbocycles. The first-order chi connectivity index (χ1) is 12.1. The Kier molecular flexibility index (Phi) is 5.66. The van der Waals surface area contributed by atoms with Gasteiger partial charge in [0.1, 0.15) is 5.82 Å². The van der Waals surface area contributed by atoms with Crippen LogP contribution in [0.3, 0.4) is 0 Å². The number of ether oxygens (including phenoxy) is 1. The largest absolute Gasteiger partial charge is 0.375 e. The highest BCUT2D eigenvalue weighted by Gasteiger charge is 2.24. The topological polar surface area (TPSA) is 45.7 Å². The molecule has 0 bridgehead atoms. The number of hydrogen-bond acceptors (Lipinski definition) is 4. The summed E-state index contributed by atoms with van der Waals surface area (Å²) in [5.74, 6) is 1.05. The van der Waals surface area contributed by atoms with Crippen molar-refractivity contribution in [2.75, 3.05) is 38.7 Å². The second-order valence-electron chi connectivity index (χ2n) is 6.57. The second-order valence-corrected chi connectivity index (χ2v) is 6.57. The molecule has 2 heterocycles. The molecule has 25 heavy (non-hydrogen) atoms. The summed E-state index contributed by atoms with van der Waals surface area (Å²) >= 11 is 0. The lowest BCUT2D eigenvalue weighted by Gasteiger charge is -2.33. The third kappa shape index (κ3) is 4.57. The van der Waals surface area contributed by atoms with Crippen molar-refractivity contribution in [1.29, 1.82) is 0 Å². The molecule has 132 valence electrons. The Labute approximate surface area is 149 Å². The van der Waals surface area contributed by atoms with E-state index in [-0.39, 0.29) is 12.0 Å². The molecule has 0 N–H and O–H groups in total. The minimum Gasteiger partial charge on any atom is -0.375 e. The molecule has 2 aromatic rings. The van der Waals surface area contributed by atoms with Gasteiger partial charge in [0.2, 0.25) is 0 Å². The summed E-state index contributed by atoms with van der Waals surface area (Å²) in [4.78, 5) is 20.8. The monoisotopic (exact) mass is 339 g/mol. The van der Waals surface area contributed by atoms with Gasteiger partial charge < -0.3 is 14.5 Å². The van der Waals surface area contributed by atoms with E-state index < -0.39 is 0 Å².